The number of ether oxygens (including phenoxy) is 2. The van der Waals surface area contributed by atoms with Crippen molar-refractivity contribution in [1.29, 1.82) is 0 Å². The number of hydrogen-bond acceptors (Lipinski definition) is 7. The second kappa shape index (κ2) is 6.32. The van der Waals surface area contributed by atoms with Gasteiger partial charge in [-0.3, -0.25) is 10.1 Å². The van der Waals surface area contributed by atoms with Crippen LogP contribution in [0.3, 0.4) is 0 Å². The van der Waals surface area contributed by atoms with Crippen LogP contribution in [-0.4, -0.2) is 35.8 Å². The third-order valence-electron chi connectivity index (χ3n) is 4.05. The summed E-state index contributed by atoms with van der Waals surface area (Å²) in [6.07, 6.45) is 0.618. The molecule has 0 fully saturated rings. The van der Waals surface area contributed by atoms with Crippen LogP contribution in [0.25, 0.3) is 0 Å². The predicted molar refractivity (Wildman–Crippen MR) is 86.4 cm³/mol. The van der Waals surface area contributed by atoms with E-state index in [0.717, 1.165) is 5.56 Å². The number of rotatable bonds is 4. The van der Waals surface area contributed by atoms with E-state index in [2.05, 4.69) is 4.98 Å². The summed E-state index contributed by atoms with van der Waals surface area (Å²) in [7, 11) is 3.07. The van der Waals surface area contributed by atoms with Crippen molar-refractivity contribution in [3.63, 3.8) is 0 Å². The number of nitro groups is 1. The third kappa shape index (κ3) is 2.61. The van der Waals surface area contributed by atoms with Crippen LogP contribution >= 0.6 is 0 Å². The van der Waals surface area contributed by atoms with Crippen LogP contribution in [0, 0.1) is 10.1 Å². The largest absolute Gasteiger partial charge is 0.496 e. The molecule has 0 bridgehead atoms. The average molecular weight is 331 g/mol. The lowest BCUT2D eigenvalue weighted by Crippen LogP contribution is -2.35. The number of methoxy groups -OCH3 is 2. The molecule has 0 spiro atoms. The minimum atomic E-state index is -0.875. The lowest BCUT2D eigenvalue weighted by Gasteiger charge is -2.34. The fourth-order valence-corrected chi connectivity index (χ4v) is 3.01. The standard InChI is InChI=1S/C16H17N3O5/c1-23-13-5-6-14(24-2)15-10(13)8-18(9-12(15)20)16-11(19(21)22)4-3-7-17-16/h3-7,12,20H,8-9H2,1-2H3. The van der Waals surface area contributed by atoms with Gasteiger partial charge in [0.15, 0.2) is 0 Å². The van der Waals surface area contributed by atoms with Crippen molar-refractivity contribution in [1.82, 2.24) is 4.98 Å². The van der Waals surface area contributed by atoms with Crippen molar-refractivity contribution >= 4 is 11.5 Å². The zero-order valence-electron chi connectivity index (χ0n) is 13.3. The molecule has 126 valence electrons. The number of hydrogen-bond donors (Lipinski definition) is 1. The van der Waals surface area contributed by atoms with Crippen molar-refractivity contribution < 1.29 is 19.5 Å². The molecular weight excluding hydrogens is 314 g/mol. The van der Waals surface area contributed by atoms with E-state index in [4.69, 9.17) is 9.47 Å². The first kappa shape index (κ1) is 16.0. The van der Waals surface area contributed by atoms with Crippen molar-refractivity contribution in [3.8, 4) is 11.5 Å². The third-order valence-corrected chi connectivity index (χ3v) is 4.05. The van der Waals surface area contributed by atoms with E-state index < -0.39 is 11.0 Å². The van der Waals surface area contributed by atoms with Crippen LogP contribution in [-0.2, 0) is 6.54 Å². The maximum atomic E-state index is 11.2. The number of nitrogens with zero attached hydrogens (tertiary/aromatic N) is 3. The molecule has 1 unspecified atom stereocenters. The predicted octanol–water partition coefficient (Wildman–Crippen LogP) is 2.06. The first-order chi connectivity index (χ1) is 11.6. The summed E-state index contributed by atoms with van der Waals surface area (Å²) < 4.78 is 10.7. The van der Waals surface area contributed by atoms with Crippen LogP contribution in [0.1, 0.15) is 17.2 Å². The van der Waals surface area contributed by atoms with Gasteiger partial charge in [0.25, 0.3) is 0 Å². The number of aliphatic hydroxyl groups is 1. The van der Waals surface area contributed by atoms with E-state index in [1.807, 2.05) is 0 Å². The Morgan fingerprint density at radius 3 is 2.67 bits per heavy atom. The van der Waals surface area contributed by atoms with E-state index in [0.29, 0.717) is 23.6 Å². The minimum Gasteiger partial charge on any atom is -0.496 e. The van der Waals surface area contributed by atoms with Gasteiger partial charge in [0, 0.05) is 29.9 Å². The lowest BCUT2D eigenvalue weighted by atomic mass is 9.95. The smallest absolute Gasteiger partial charge is 0.311 e. The van der Waals surface area contributed by atoms with Gasteiger partial charge in [0.2, 0.25) is 5.82 Å². The maximum absolute atomic E-state index is 11.2. The molecule has 8 nitrogen and oxygen atoms in total. The number of β-amino-alcohol motifs (C(OH)–C–C–N with tert-alkyl or cyclic N) is 1. The van der Waals surface area contributed by atoms with Gasteiger partial charge in [-0.2, -0.15) is 0 Å². The number of aliphatic hydroxyl groups excluding tert-OH is 1. The molecule has 1 aromatic carbocycles. The van der Waals surface area contributed by atoms with Crippen molar-refractivity contribution in [2.45, 2.75) is 12.6 Å². The van der Waals surface area contributed by atoms with Crippen LogP contribution in [0.4, 0.5) is 11.5 Å². The van der Waals surface area contributed by atoms with E-state index in [-0.39, 0.29) is 18.1 Å². The molecule has 0 saturated carbocycles. The Balaban J connectivity index is 2.08. The summed E-state index contributed by atoms with van der Waals surface area (Å²) in [4.78, 5) is 16.6. The Labute approximate surface area is 138 Å². The van der Waals surface area contributed by atoms with Gasteiger partial charge in [-0.25, -0.2) is 4.98 Å². The molecule has 0 aliphatic carbocycles. The summed E-state index contributed by atoms with van der Waals surface area (Å²) in [6.45, 7) is 0.499. The molecule has 1 aliphatic heterocycles. The summed E-state index contributed by atoms with van der Waals surface area (Å²) in [5.74, 6) is 1.37. The normalized spacial score (nSPS) is 16.5. The molecule has 2 aromatic rings. The van der Waals surface area contributed by atoms with E-state index >= 15 is 0 Å². The van der Waals surface area contributed by atoms with E-state index in [1.54, 1.807) is 17.0 Å². The first-order valence-corrected chi connectivity index (χ1v) is 7.33. The van der Waals surface area contributed by atoms with Crippen LogP contribution in [0.2, 0.25) is 0 Å². The Kier molecular flexibility index (Phi) is 4.22. The van der Waals surface area contributed by atoms with Crippen molar-refractivity contribution in [3.05, 3.63) is 51.7 Å². The van der Waals surface area contributed by atoms with Gasteiger partial charge in [-0.1, -0.05) is 0 Å². The Hall–Kier alpha value is -2.87. The summed E-state index contributed by atoms with van der Waals surface area (Å²) in [6, 6.07) is 6.40. The average Bonchev–Trinajstić information content (AvgIpc) is 2.60. The van der Waals surface area contributed by atoms with Gasteiger partial charge >= 0.3 is 5.69 Å². The van der Waals surface area contributed by atoms with E-state index in [1.165, 1.54) is 32.5 Å². The molecule has 3 rings (SSSR count). The van der Waals surface area contributed by atoms with Crippen molar-refractivity contribution in [2.24, 2.45) is 0 Å². The fourth-order valence-electron chi connectivity index (χ4n) is 3.01. The summed E-state index contributed by atoms with van der Waals surface area (Å²) >= 11 is 0. The second-order valence-corrected chi connectivity index (χ2v) is 5.36. The molecule has 1 aliphatic rings. The van der Waals surface area contributed by atoms with Crippen LogP contribution < -0.4 is 14.4 Å². The lowest BCUT2D eigenvalue weighted by molar-refractivity contribution is -0.384. The molecule has 1 atom stereocenters. The van der Waals surface area contributed by atoms with Gasteiger partial charge in [0.1, 0.15) is 17.6 Å². The van der Waals surface area contributed by atoms with Crippen LogP contribution in [0.5, 0.6) is 11.5 Å². The van der Waals surface area contributed by atoms with E-state index in [9.17, 15) is 15.2 Å². The number of benzene rings is 1. The molecule has 0 radical (unpaired) electrons. The minimum absolute atomic E-state index is 0.102. The fraction of sp³-hybridized carbons (Fsp3) is 0.312. The molecule has 0 saturated heterocycles. The Morgan fingerprint density at radius 2 is 2.00 bits per heavy atom. The SMILES string of the molecule is COc1ccc(OC)c2c1CN(c1ncccc1[N+](=O)[O-])CC2O. The maximum Gasteiger partial charge on any atom is 0.311 e. The van der Waals surface area contributed by atoms with Gasteiger partial charge in [-0.05, 0) is 18.2 Å². The van der Waals surface area contributed by atoms with Gasteiger partial charge in [0.05, 0.1) is 25.7 Å². The Morgan fingerprint density at radius 1 is 1.29 bits per heavy atom. The molecule has 1 aromatic heterocycles. The van der Waals surface area contributed by atoms with Crippen LogP contribution in [0.15, 0.2) is 30.5 Å². The number of fused-ring (bicyclic) bond motifs is 1. The van der Waals surface area contributed by atoms with Gasteiger partial charge in [-0.15, -0.1) is 0 Å². The molecular formula is C16H17N3O5. The zero-order chi connectivity index (χ0) is 17.3. The molecule has 24 heavy (non-hydrogen) atoms. The quantitative estimate of drug-likeness (QED) is 0.676. The molecule has 2 heterocycles. The second-order valence-electron chi connectivity index (χ2n) is 5.36. The number of aromatic nitrogens is 1. The van der Waals surface area contributed by atoms with Crippen molar-refractivity contribution in [2.75, 3.05) is 25.7 Å². The summed E-state index contributed by atoms with van der Waals surface area (Å²) in [5, 5.41) is 21.8. The highest BCUT2D eigenvalue weighted by molar-refractivity contribution is 5.61. The zero-order valence-corrected chi connectivity index (χ0v) is 13.3. The Bertz CT molecular complexity index is 780. The van der Waals surface area contributed by atoms with Gasteiger partial charge < -0.3 is 19.5 Å². The number of anilines is 1. The highest BCUT2D eigenvalue weighted by Crippen LogP contribution is 2.41. The molecule has 1 N–H and O–H groups in total. The molecule has 0 amide bonds. The molecule has 8 heteroatoms. The highest BCUT2D eigenvalue weighted by atomic mass is 16.6. The number of pyridine rings is 1. The first-order valence-electron chi connectivity index (χ1n) is 7.33. The topological polar surface area (TPSA) is 98.0 Å². The highest BCUT2D eigenvalue weighted by Gasteiger charge is 2.32. The monoisotopic (exact) mass is 331 g/mol. The summed E-state index contributed by atoms with van der Waals surface area (Å²) in [5.41, 5.74) is 1.28.